The van der Waals surface area contributed by atoms with E-state index in [0.29, 0.717) is 30.9 Å². The van der Waals surface area contributed by atoms with Crippen LogP contribution in [0.2, 0.25) is 0 Å². The van der Waals surface area contributed by atoms with Gasteiger partial charge in [0.2, 0.25) is 0 Å². The Balaban J connectivity index is 1.80. The predicted molar refractivity (Wildman–Crippen MR) is 85.1 cm³/mol. The predicted octanol–water partition coefficient (Wildman–Crippen LogP) is 3.16. The molecule has 5 nitrogen and oxygen atoms in total. The summed E-state index contributed by atoms with van der Waals surface area (Å²) in [4.78, 5) is 22.1. The molecule has 1 unspecified atom stereocenters. The second-order valence-corrected chi connectivity index (χ2v) is 6.43. The van der Waals surface area contributed by atoms with E-state index < -0.39 is 11.9 Å². The quantitative estimate of drug-likeness (QED) is 0.834. The number of alkyl halides is 3. The fourth-order valence-corrected chi connectivity index (χ4v) is 3.22. The Morgan fingerprint density at radius 3 is 2.72 bits per heavy atom. The van der Waals surface area contributed by atoms with E-state index in [2.05, 4.69) is 9.97 Å². The zero-order valence-corrected chi connectivity index (χ0v) is 14.0. The first-order chi connectivity index (χ1) is 11.8. The largest absolute Gasteiger partial charge is 0.434 e. The molecule has 0 aliphatic carbocycles. The molecular weight excluding hydrogens is 333 g/mol. The number of hydrogen-bond donors (Lipinski definition) is 0. The zero-order chi connectivity index (χ0) is 18.2. The summed E-state index contributed by atoms with van der Waals surface area (Å²) in [5.41, 5.74) is 0.492. The summed E-state index contributed by atoms with van der Waals surface area (Å²) in [5, 5.41) is 0. The van der Waals surface area contributed by atoms with Crippen LogP contribution in [0.4, 0.5) is 13.2 Å². The maximum absolute atomic E-state index is 12.9. The molecule has 8 heteroatoms. The molecule has 3 rings (SSSR count). The lowest BCUT2D eigenvalue weighted by molar-refractivity contribution is -0.141. The number of halogens is 3. The maximum atomic E-state index is 12.9. The Hall–Kier alpha value is -2.38. The van der Waals surface area contributed by atoms with Crippen molar-refractivity contribution in [3.8, 4) is 0 Å². The first kappa shape index (κ1) is 17.4. The third-order valence-corrected chi connectivity index (χ3v) is 4.40. The van der Waals surface area contributed by atoms with Gasteiger partial charge in [-0.15, -0.1) is 0 Å². The van der Waals surface area contributed by atoms with Crippen molar-refractivity contribution < 1.29 is 18.0 Å². The van der Waals surface area contributed by atoms with Crippen LogP contribution in [-0.4, -0.2) is 38.4 Å². The summed E-state index contributed by atoms with van der Waals surface area (Å²) in [6, 6.07) is 1.77. The van der Waals surface area contributed by atoms with E-state index in [1.54, 1.807) is 24.2 Å². The van der Waals surface area contributed by atoms with E-state index in [1.807, 2.05) is 6.92 Å². The van der Waals surface area contributed by atoms with Crippen LogP contribution in [0.25, 0.3) is 0 Å². The highest BCUT2D eigenvalue weighted by molar-refractivity contribution is 5.94. The van der Waals surface area contributed by atoms with E-state index in [0.717, 1.165) is 18.2 Å². The van der Waals surface area contributed by atoms with Gasteiger partial charge in [-0.3, -0.25) is 9.78 Å². The van der Waals surface area contributed by atoms with Crippen LogP contribution in [0.15, 0.2) is 24.7 Å². The minimum atomic E-state index is -4.46. The monoisotopic (exact) mass is 352 g/mol. The number of carbonyl (C=O) groups excluding carboxylic acids is 1. The van der Waals surface area contributed by atoms with Crippen LogP contribution in [0, 0.1) is 6.92 Å². The van der Waals surface area contributed by atoms with Crippen LogP contribution in [-0.2, 0) is 13.2 Å². The molecule has 1 atom stereocenters. The average Bonchev–Trinajstić information content (AvgIpc) is 2.96. The van der Waals surface area contributed by atoms with Crippen molar-refractivity contribution in [3.05, 3.63) is 47.3 Å². The van der Waals surface area contributed by atoms with Crippen molar-refractivity contribution >= 4 is 5.91 Å². The molecule has 25 heavy (non-hydrogen) atoms. The van der Waals surface area contributed by atoms with Gasteiger partial charge in [0.1, 0.15) is 5.82 Å². The number of amides is 1. The summed E-state index contributed by atoms with van der Waals surface area (Å²) >= 11 is 0. The molecule has 0 bridgehead atoms. The molecule has 0 saturated carbocycles. The van der Waals surface area contributed by atoms with Crippen molar-refractivity contribution in [1.29, 1.82) is 0 Å². The second-order valence-electron chi connectivity index (χ2n) is 6.43. The number of hydrogen-bond acceptors (Lipinski definition) is 3. The van der Waals surface area contributed by atoms with E-state index in [1.165, 1.54) is 10.8 Å². The molecule has 134 valence electrons. The number of imidazole rings is 1. The summed E-state index contributed by atoms with van der Waals surface area (Å²) in [5.74, 6) is 0.00918. The van der Waals surface area contributed by atoms with Crippen molar-refractivity contribution in [2.45, 2.75) is 31.9 Å². The Bertz CT molecular complexity index is 784. The Kier molecular flexibility index (Phi) is 4.53. The molecule has 0 spiro atoms. The van der Waals surface area contributed by atoms with Gasteiger partial charge in [0.25, 0.3) is 5.91 Å². The van der Waals surface area contributed by atoms with E-state index in [9.17, 15) is 18.0 Å². The number of pyridine rings is 1. The summed E-state index contributed by atoms with van der Waals surface area (Å²) in [7, 11) is 1.56. The number of nitrogens with zero attached hydrogens (tertiary/aromatic N) is 4. The van der Waals surface area contributed by atoms with Gasteiger partial charge in [-0.25, -0.2) is 4.98 Å². The molecular formula is C17H19F3N4O. The smallest absolute Gasteiger partial charge is 0.338 e. The minimum absolute atomic E-state index is 0.147. The molecule has 0 aromatic carbocycles. The van der Waals surface area contributed by atoms with Gasteiger partial charge >= 0.3 is 6.18 Å². The highest BCUT2D eigenvalue weighted by Crippen LogP contribution is 2.32. The maximum Gasteiger partial charge on any atom is 0.434 e. The topological polar surface area (TPSA) is 51.0 Å². The number of aryl methyl sites for hydroxylation is 2. The molecule has 2 aromatic rings. The minimum Gasteiger partial charge on any atom is -0.338 e. The Morgan fingerprint density at radius 2 is 2.08 bits per heavy atom. The van der Waals surface area contributed by atoms with Gasteiger partial charge in [-0.05, 0) is 31.4 Å². The lowest BCUT2D eigenvalue weighted by Crippen LogP contribution is -2.39. The Morgan fingerprint density at radius 1 is 1.32 bits per heavy atom. The number of rotatable bonds is 2. The van der Waals surface area contributed by atoms with Gasteiger partial charge in [-0.1, -0.05) is 0 Å². The molecule has 1 saturated heterocycles. The van der Waals surface area contributed by atoms with Crippen LogP contribution in [0.5, 0.6) is 0 Å². The van der Waals surface area contributed by atoms with E-state index in [4.69, 9.17) is 0 Å². The van der Waals surface area contributed by atoms with Gasteiger partial charge in [0.05, 0.1) is 5.56 Å². The van der Waals surface area contributed by atoms with E-state index >= 15 is 0 Å². The lowest BCUT2D eigenvalue weighted by Gasteiger charge is -2.32. The molecule has 0 radical (unpaired) electrons. The third-order valence-electron chi connectivity index (χ3n) is 4.40. The van der Waals surface area contributed by atoms with Crippen molar-refractivity contribution in [3.63, 3.8) is 0 Å². The highest BCUT2D eigenvalue weighted by atomic mass is 19.4. The fourth-order valence-electron chi connectivity index (χ4n) is 3.22. The molecule has 0 N–H and O–H groups in total. The Labute approximate surface area is 143 Å². The van der Waals surface area contributed by atoms with Crippen molar-refractivity contribution in [2.24, 2.45) is 7.05 Å². The summed E-state index contributed by atoms with van der Waals surface area (Å²) in [6.07, 6.45) is 1.15. The standard InChI is InChI=1S/C17H19F3N4O/c1-11-6-13(8-21-7-11)16(25)24-5-3-4-12(9-24)15-22-14(10-23(15)2)17(18,19)20/h6-8,10,12H,3-5,9H2,1-2H3. The molecule has 2 aromatic heterocycles. The molecule has 1 fully saturated rings. The van der Waals surface area contributed by atoms with Crippen molar-refractivity contribution in [1.82, 2.24) is 19.4 Å². The van der Waals surface area contributed by atoms with E-state index in [-0.39, 0.29) is 11.8 Å². The lowest BCUT2D eigenvalue weighted by atomic mass is 9.96. The number of likely N-dealkylation sites (tertiary alicyclic amines) is 1. The van der Waals surface area contributed by atoms with Crippen LogP contribution in [0.1, 0.15) is 46.2 Å². The van der Waals surface area contributed by atoms with Gasteiger partial charge in [0, 0.05) is 44.6 Å². The number of aromatic nitrogens is 3. The van der Waals surface area contributed by atoms with Crippen LogP contribution < -0.4 is 0 Å². The fraction of sp³-hybridized carbons (Fsp3) is 0.471. The van der Waals surface area contributed by atoms with Gasteiger partial charge in [0.15, 0.2) is 5.69 Å². The SMILES string of the molecule is Cc1cncc(C(=O)N2CCCC(c3nc(C(F)(F)F)cn3C)C2)c1. The second kappa shape index (κ2) is 6.50. The van der Waals surface area contributed by atoms with Crippen LogP contribution >= 0.6 is 0 Å². The van der Waals surface area contributed by atoms with Crippen LogP contribution in [0.3, 0.4) is 0 Å². The first-order valence-corrected chi connectivity index (χ1v) is 8.07. The number of piperidine rings is 1. The molecule has 1 amide bonds. The summed E-state index contributed by atoms with van der Waals surface area (Å²) < 4.78 is 40.0. The molecule has 1 aliphatic rings. The van der Waals surface area contributed by atoms with Gasteiger partial charge in [-0.2, -0.15) is 13.2 Å². The number of carbonyl (C=O) groups is 1. The highest BCUT2D eigenvalue weighted by Gasteiger charge is 2.36. The van der Waals surface area contributed by atoms with Gasteiger partial charge < -0.3 is 9.47 Å². The summed E-state index contributed by atoms with van der Waals surface area (Å²) in [6.45, 7) is 2.80. The third kappa shape index (κ3) is 3.67. The normalized spacial score (nSPS) is 18.4. The first-order valence-electron chi connectivity index (χ1n) is 8.07. The molecule has 1 aliphatic heterocycles. The van der Waals surface area contributed by atoms with Crippen molar-refractivity contribution in [2.75, 3.05) is 13.1 Å². The molecule has 3 heterocycles. The zero-order valence-electron chi connectivity index (χ0n) is 14.0. The average molecular weight is 352 g/mol.